The minimum atomic E-state index is 0.722. The highest BCUT2D eigenvalue weighted by Gasteiger charge is 2.33. The average Bonchev–Trinajstić information content (AvgIpc) is 2.25. The van der Waals surface area contributed by atoms with E-state index < -0.39 is 0 Å². The maximum atomic E-state index is 3.63. The molecule has 16 heavy (non-hydrogen) atoms. The molecule has 0 radical (unpaired) electrons. The van der Waals surface area contributed by atoms with Gasteiger partial charge in [0.25, 0.3) is 0 Å². The maximum absolute atomic E-state index is 3.63. The molecule has 0 amide bonds. The van der Waals surface area contributed by atoms with E-state index in [0.717, 1.165) is 30.6 Å². The molecular formula is C14H30N2. The number of piperidine rings is 1. The van der Waals surface area contributed by atoms with Crippen molar-refractivity contribution in [2.24, 2.45) is 5.92 Å². The van der Waals surface area contributed by atoms with Crippen molar-refractivity contribution in [1.29, 1.82) is 0 Å². The van der Waals surface area contributed by atoms with E-state index in [1.54, 1.807) is 0 Å². The summed E-state index contributed by atoms with van der Waals surface area (Å²) in [6.45, 7) is 14.1. The van der Waals surface area contributed by atoms with Crippen molar-refractivity contribution in [2.75, 3.05) is 13.1 Å². The molecule has 0 spiro atoms. The van der Waals surface area contributed by atoms with Gasteiger partial charge in [-0.05, 0) is 39.2 Å². The van der Waals surface area contributed by atoms with Crippen molar-refractivity contribution in [3.8, 4) is 0 Å². The van der Waals surface area contributed by atoms with Gasteiger partial charge in [-0.2, -0.15) is 0 Å². The van der Waals surface area contributed by atoms with Crippen molar-refractivity contribution in [3.63, 3.8) is 0 Å². The number of nitrogens with one attached hydrogen (secondary N) is 1. The smallest absolute Gasteiger partial charge is 0.0120 e. The van der Waals surface area contributed by atoms with Gasteiger partial charge in [-0.3, -0.25) is 4.90 Å². The summed E-state index contributed by atoms with van der Waals surface area (Å²) in [6, 6.07) is 2.20. The van der Waals surface area contributed by atoms with Gasteiger partial charge in [0.15, 0.2) is 0 Å². The summed E-state index contributed by atoms with van der Waals surface area (Å²) in [5.41, 5.74) is 0. The predicted octanol–water partition coefficient (Wildman–Crippen LogP) is 2.88. The molecule has 96 valence electrons. The second-order valence-electron chi connectivity index (χ2n) is 5.43. The second kappa shape index (κ2) is 6.61. The third-order valence-corrected chi connectivity index (χ3v) is 4.36. The quantitative estimate of drug-likeness (QED) is 0.775. The van der Waals surface area contributed by atoms with Gasteiger partial charge < -0.3 is 5.32 Å². The predicted molar refractivity (Wildman–Crippen MR) is 71.8 cm³/mol. The molecule has 0 bridgehead atoms. The van der Waals surface area contributed by atoms with Crippen LogP contribution < -0.4 is 5.32 Å². The Bertz CT molecular complexity index is 193. The molecule has 1 saturated heterocycles. The van der Waals surface area contributed by atoms with Crippen LogP contribution in [0.15, 0.2) is 0 Å². The van der Waals surface area contributed by atoms with Crippen LogP contribution in [-0.2, 0) is 0 Å². The molecule has 1 N–H and O–H groups in total. The first kappa shape index (κ1) is 14.0. The van der Waals surface area contributed by atoms with E-state index in [1.165, 1.54) is 25.8 Å². The van der Waals surface area contributed by atoms with Crippen molar-refractivity contribution < 1.29 is 0 Å². The molecule has 1 fully saturated rings. The summed E-state index contributed by atoms with van der Waals surface area (Å²) in [5, 5.41) is 3.63. The van der Waals surface area contributed by atoms with Crippen molar-refractivity contribution in [3.05, 3.63) is 0 Å². The summed E-state index contributed by atoms with van der Waals surface area (Å²) in [6.07, 6.45) is 3.95. The first-order valence-corrected chi connectivity index (χ1v) is 7.10. The lowest BCUT2D eigenvalue weighted by Gasteiger charge is -2.46. The first-order valence-electron chi connectivity index (χ1n) is 7.10. The van der Waals surface area contributed by atoms with Gasteiger partial charge in [0.05, 0.1) is 0 Å². The van der Waals surface area contributed by atoms with Crippen molar-refractivity contribution in [1.82, 2.24) is 10.2 Å². The van der Waals surface area contributed by atoms with Crippen LogP contribution in [0.4, 0.5) is 0 Å². The van der Waals surface area contributed by atoms with Crippen molar-refractivity contribution in [2.45, 2.75) is 72.0 Å². The van der Waals surface area contributed by atoms with Crippen molar-refractivity contribution >= 4 is 0 Å². The Morgan fingerprint density at radius 2 is 2.00 bits per heavy atom. The zero-order chi connectivity index (χ0) is 12.1. The lowest BCUT2D eigenvalue weighted by atomic mass is 9.85. The number of hydrogen-bond acceptors (Lipinski definition) is 2. The highest BCUT2D eigenvalue weighted by molar-refractivity contribution is 4.90. The monoisotopic (exact) mass is 226 g/mol. The van der Waals surface area contributed by atoms with Crippen LogP contribution in [0.25, 0.3) is 0 Å². The summed E-state index contributed by atoms with van der Waals surface area (Å²) in [4.78, 5) is 2.71. The first-order chi connectivity index (χ1) is 7.61. The van der Waals surface area contributed by atoms with Crippen LogP contribution in [-0.4, -0.2) is 36.1 Å². The SMILES string of the molecule is CCCC(C)N1CCC(NCC)C(C)C1C. The second-order valence-corrected chi connectivity index (χ2v) is 5.43. The van der Waals surface area contributed by atoms with E-state index in [-0.39, 0.29) is 0 Å². The normalized spacial score (nSPS) is 33.9. The molecule has 1 rings (SSSR count). The minimum absolute atomic E-state index is 0.722. The summed E-state index contributed by atoms with van der Waals surface area (Å²) < 4.78 is 0. The Morgan fingerprint density at radius 1 is 1.31 bits per heavy atom. The lowest BCUT2D eigenvalue weighted by Crippen LogP contribution is -2.55. The Morgan fingerprint density at radius 3 is 2.56 bits per heavy atom. The third kappa shape index (κ3) is 3.21. The van der Waals surface area contributed by atoms with Crippen LogP contribution in [0.5, 0.6) is 0 Å². The molecule has 0 aromatic carbocycles. The molecule has 1 heterocycles. The standard InChI is InChI=1S/C14H30N2/c1-6-8-11(3)16-10-9-14(15-7-2)12(4)13(16)5/h11-15H,6-10H2,1-5H3. The van der Waals surface area contributed by atoms with E-state index in [2.05, 4.69) is 44.8 Å². The number of likely N-dealkylation sites (tertiary alicyclic amines) is 1. The van der Waals surface area contributed by atoms with E-state index in [1.807, 2.05) is 0 Å². The highest BCUT2D eigenvalue weighted by atomic mass is 15.2. The maximum Gasteiger partial charge on any atom is 0.0120 e. The molecule has 1 aliphatic rings. The zero-order valence-corrected chi connectivity index (χ0v) is 11.8. The highest BCUT2D eigenvalue weighted by Crippen LogP contribution is 2.26. The molecule has 2 nitrogen and oxygen atoms in total. The van der Waals surface area contributed by atoms with Crippen LogP contribution >= 0.6 is 0 Å². The number of nitrogens with zero attached hydrogens (tertiary/aromatic N) is 1. The zero-order valence-electron chi connectivity index (χ0n) is 11.8. The summed E-state index contributed by atoms with van der Waals surface area (Å²) in [5.74, 6) is 0.771. The lowest BCUT2D eigenvalue weighted by molar-refractivity contribution is 0.0500. The van der Waals surface area contributed by atoms with Crippen LogP contribution in [0.3, 0.4) is 0 Å². The van der Waals surface area contributed by atoms with Crippen LogP contribution in [0.2, 0.25) is 0 Å². The molecule has 0 aromatic rings. The molecular weight excluding hydrogens is 196 g/mol. The Hall–Kier alpha value is -0.0800. The summed E-state index contributed by atoms with van der Waals surface area (Å²) in [7, 11) is 0. The molecule has 0 aliphatic carbocycles. The average molecular weight is 226 g/mol. The minimum Gasteiger partial charge on any atom is -0.314 e. The number of hydrogen-bond donors (Lipinski definition) is 1. The van der Waals surface area contributed by atoms with E-state index in [0.29, 0.717) is 0 Å². The van der Waals surface area contributed by atoms with Gasteiger partial charge in [-0.25, -0.2) is 0 Å². The Labute approximate surface area is 102 Å². The van der Waals surface area contributed by atoms with Crippen LogP contribution in [0.1, 0.15) is 53.9 Å². The van der Waals surface area contributed by atoms with E-state index in [9.17, 15) is 0 Å². The number of rotatable bonds is 5. The van der Waals surface area contributed by atoms with Gasteiger partial charge in [-0.15, -0.1) is 0 Å². The molecule has 1 aliphatic heterocycles. The van der Waals surface area contributed by atoms with Gasteiger partial charge in [0.1, 0.15) is 0 Å². The Balaban J connectivity index is 2.53. The molecule has 4 atom stereocenters. The fourth-order valence-corrected chi connectivity index (χ4v) is 3.15. The molecule has 4 unspecified atom stereocenters. The van der Waals surface area contributed by atoms with Gasteiger partial charge >= 0.3 is 0 Å². The molecule has 0 aromatic heterocycles. The molecule has 2 heteroatoms. The van der Waals surface area contributed by atoms with Crippen LogP contribution in [0, 0.1) is 5.92 Å². The van der Waals surface area contributed by atoms with E-state index in [4.69, 9.17) is 0 Å². The largest absolute Gasteiger partial charge is 0.314 e. The fourth-order valence-electron chi connectivity index (χ4n) is 3.15. The van der Waals surface area contributed by atoms with Gasteiger partial charge in [-0.1, -0.05) is 27.2 Å². The summed E-state index contributed by atoms with van der Waals surface area (Å²) >= 11 is 0. The topological polar surface area (TPSA) is 15.3 Å². The molecule has 0 saturated carbocycles. The van der Waals surface area contributed by atoms with Gasteiger partial charge in [0, 0.05) is 24.7 Å². The Kier molecular flexibility index (Phi) is 5.77. The van der Waals surface area contributed by atoms with E-state index >= 15 is 0 Å². The third-order valence-electron chi connectivity index (χ3n) is 4.36. The van der Waals surface area contributed by atoms with Gasteiger partial charge in [0.2, 0.25) is 0 Å². The fraction of sp³-hybridized carbons (Fsp3) is 1.00.